The molecule has 0 aliphatic carbocycles. The third kappa shape index (κ3) is 3.96. The molecule has 5 heteroatoms. The Morgan fingerprint density at radius 1 is 1.26 bits per heavy atom. The van der Waals surface area contributed by atoms with Gasteiger partial charge in [-0.15, -0.1) is 0 Å². The summed E-state index contributed by atoms with van der Waals surface area (Å²) in [7, 11) is 0. The zero-order valence-electron chi connectivity index (χ0n) is 14.2. The van der Waals surface area contributed by atoms with E-state index in [1.54, 1.807) is 12.1 Å². The average Bonchev–Trinajstić information content (AvgIpc) is 3.06. The number of likely N-dealkylation sites (tertiary alicyclic amines) is 2. The Morgan fingerprint density at radius 3 is 2.87 bits per heavy atom. The van der Waals surface area contributed by atoms with Crippen LogP contribution in [0.3, 0.4) is 0 Å². The van der Waals surface area contributed by atoms with Crippen LogP contribution in [-0.4, -0.2) is 47.9 Å². The SMILES string of the molecule is C[C@@H]1CCCCN1C[C@@H]1CCCN(C(=O)c2ccc(CN)o2)C1. The van der Waals surface area contributed by atoms with Gasteiger partial charge in [-0.25, -0.2) is 0 Å². The Kier molecular flexibility index (Phi) is 5.38. The summed E-state index contributed by atoms with van der Waals surface area (Å²) in [5, 5.41) is 0. The van der Waals surface area contributed by atoms with Crippen LogP contribution in [0.15, 0.2) is 16.5 Å². The molecule has 0 spiro atoms. The van der Waals surface area contributed by atoms with Gasteiger partial charge in [0.1, 0.15) is 5.76 Å². The summed E-state index contributed by atoms with van der Waals surface area (Å²) in [6.07, 6.45) is 6.29. The molecule has 1 amide bonds. The molecule has 1 aromatic rings. The van der Waals surface area contributed by atoms with Crippen LogP contribution in [0.4, 0.5) is 0 Å². The molecule has 3 heterocycles. The Balaban J connectivity index is 1.58. The van der Waals surface area contributed by atoms with Gasteiger partial charge in [0.25, 0.3) is 5.91 Å². The Morgan fingerprint density at radius 2 is 2.13 bits per heavy atom. The highest BCUT2D eigenvalue weighted by Gasteiger charge is 2.29. The first-order chi connectivity index (χ1) is 11.2. The van der Waals surface area contributed by atoms with E-state index >= 15 is 0 Å². The summed E-state index contributed by atoms with van der Waals surface area (Å²) in [6, 6.07) is 4.23. The Bertz CT molecular complexity index is 528. The molecule has 0 bridgehead atoms. The number of nitrogens with two attached hydrogens (primary N) is 1. The number of rotatable bonds is 4. The standard InChI is InChI=1S/C18H29N3O2/c1-14-5-2-3-9-20(14)12-15-6-4-10-21(13-15)18(22)17-8-7-16(11-19)23-17/h7-8,14-15H,2-6,9-13,19H2,1H3/t14-,15+/m1/s1. The van der Waals surface area contributed by atoms with Gasteiger partial charge in [0.15, 0.2) is 5.76 Å². The minimum atomic E-state index is 0.0149. The van der Waals surface area contributed by atoms with E-state index in [0.717, 1.165) is 26.1 Å². The van der Waals surface area contributed by atoms with Crippen molar-refractivity contribution < 1.29 is 9.21 Å². The van der Waals surface area contributed by atoms with Gasteiger partial charge in [-0.2, -0.15) is 0 Å². The van der Waals surface area contributed by atoms with Crippen molar-refractivity contribution in [2.24, 2.45) is 11.7 Å². The highest BCUT2D eigenvalue weighted by atomic mass is 16.4. The molecule has 23 heavy (non-hydrogen) atoms. The van der Waals surface area contributed by atoms with Crippen molar-refractivity contribution in [2.45, 2.75) is 51.6 Å². The molecule has 2 aliphatic heterocycles. The molecular weight excluding hydrogens is 290 g/mol. The topological polar surface area (TPSA) is 62.7 Å². The number of piperidine rings is 2. The highest BCUT2D eigenvalue weighted by molar-refractivity contribution is 5.91. The summed E-state index contributed by atoms with van der Waals surface area (Å²) in [5.41, 5.74) is 5.56. The van der Waals surface area contributed by atoms with E-state index in [2.05, 4.69) is 11.8 Å². The minimum Gasteiger partial charge on any atom is -0.455 e. The van der Waals surface area contributed by atoms with E-state index in [1.165, 1.54) is 32.2 Å². The number of hydrogen-bond acceptors (Lipinski definition) is 4. The predicted octanol–water partition coefficient (Wildman–Crippen LogP) is 2.46. The molecule has 2 saturated heterocycles. The zero-order chi connectivity index (χ0) is 16.2. The van der Waals surface area contributed by atoms with Crippen LogP contribution in [0.1, 0.15) is 55.3 Å². The van der Waals surface area contributed by atoms with Crippen molar-refractivity contribution in [1.82, 2.24) is 9.80 Å². The average molecular weight is 319 g/mol. The van der Waals surface area contributed by atoms with Gasteiger partial charge in [0.2, 0.25) is 0 Å². The van der Waals surface area contributed by atoms with Crippen LogP contribution in [0.5, 0.6) is 0 Å². The van der Waals surface area contributed by atoms with Crippen LogP contribution in [-0.2, 0) is 6.54 Å². The van der Waals surface area contributed by atoms with Crippen LogP contribution in [0.2, 0.25) is 0 Å². The molecule has 0 unspecified atom stereocenters. The van der Waals surface area contributed by atoms with E-state index in [-0.39, 0.29) is 5.91 Å². The van der Waals surface area contributed by atoms with Gasteiger partial charge >= 0.3 is 0 Å². The number of nitrogens with zero attached hydrogens (tertiary/aromatic N) is 2. The molecule has 2 fully saturated rings. The van der Waals surface area contributed by atoms with Crippen LogP contribution in [0.25, 0.3) is 0 Å². The van der Waals surface area contributed by atoms with Crippen molar-refractivity contribution in [3.63, 3.8) is 0 Å². The second-order valence-electron chi connectivity index (χ2n) is 7.07. The zero-order valence-corrected chi connectivity index (χ0v) is 14.2. The molecule has 0 aromatic carbocycles. The fourth-order valence-corrected chi connectivity index (χ4v) is 3.92. The minimum absolute atomic E-state index is 0.0149. The lowest BCUT2D eigenvalue weighted by atomic mass is 9.94. The summed E-state index contributed by atoms with van der Waals surface area (Å²) in [6.45, 7) is 6.69. The first kappa shape index (κ1) is 16.5. The van der Waals surface area contributed by atoms with Crippen molar-refractivity contribution in [1.29, 1.82) is 0 Å². The molecule has 2 aliphatic rings. The summed E-state index contributed by atoms with van der Waals surface area (Å²) in [5.74, 6) is 1.69. The molecule has 2 N–H and O–H groups in total. The molecule has 5 nitrogen and oxygen atoms in total. The van der Waals surface area contributed by atoms with Gasteiger partial charge in [-0.3, -0.25) is 4.79 Å². The second-order valence-corrected chi connectivity index (χ2v) is 7.07. The molecule has 1 aromatic heterocycles. The lowest BCUT2D eigenvalue weighted by Gasteiger charge is -2.39. The van der Waals surface area contributed by atoms with Gasteiger partial charge in [0.05, 0.1) is 6.54 Å². The maximum atomic E-state index is 12.6. The van der Waals surface area contributed by atoms with Gasteiger partial charge in [-0.1, -0.05) is 6.42 Å². The van der Waals surface area contributed by atoms with E-state index in [0.29, 0.717) is 30.0 Å². The second kappa shape index (κ2) is 7.49. The fraction of sp³-hybridized carbons (Fsp3) is 0.722. The summed E-state index contributed by atoms with van der Waals surface area (Å²) in [4.78, 5) is 17.2. The van der Waals surface area contributed by atoms with Crippen molar-refractivity contribution in [3.05, 3.63) is 23.7 Å². The fourth-order valence-electron chi connectivity index (χ4n) is 3.92. The normalized spacial score (nSPS) is 26.4. The highest BCUT2D eigenvalue weighted by Crippen LogP contribution is 2.24. The van der Waals surface area contributed by atoms with Crippen LogP contribution in [0, 0.1) is 5.92 Å². The van der Waals surface area contributed by atoms with Crippen molar-refractivity contribution in [3.8, 4) is 0 Å². The number of furan rings is 1. The number of hydrogen-bond donors (Lipinski definition) is 1. The lowest BCUT2D eigenvalue weighted by molar-refractivity contribution is 0.0565. The molecule has 0 radical (unpaired) electrons. The Labute approximate surface area is 138 Å². The van der Waals surface area contributed by atoms with E-state index in [1.807, 2.05) is 4.90 Å². The quantitative estimate of drug-likeness (QED) is 0.926. The molecule has 3 rings (SSSR count). The predicted molar refractivity (Wildman–Crippen MR) is 90.1 cm³/mol. The van der Waals surface area contributed by atoms with Gasteiger partial charge in [0, 0.05) is 25.7 Å². The third-order valence-corrected chi connectivity index (χ3v) is 5.31. The maximum absolute atomic E-state index is 12.6. The third-order valence-electron chi connectivity index (χ3n) is 5.31. The smallest absolute Gasteiger partial charge is 0.289 e. The number of carbonyl (C=O) groups excluding carboxylic acids is 1. The molecular formula is C18H29N3O2. The van der Waals surface area contributed by atoms with E-state index in [4.69, 9.17) is 10.2 Å². The first-order valence-electron chi connectivity index (χ1n) is 8.99. The lowest BCUT2D eigenvalue weighted by Crippen LogP contribution is -2.46. The monoisotopic (exact) mass is 319 g/mol. The Hall–Kier alpha value is -1.33. The summed E-state index contributed by atoms with van der Waals surface area (Å²) < 4.78 is 5.52. The van der Waals surface area contributed by atoms with E-state index < -0.39 is 0 Å². The maximum Gasteiger partial charge on any atom is 0.289 e. The van der Waals surface area contributed by atoms with E-state index in [9.17, 15) is 4.79 Å². The van der Waals surface area contributed by atoms with Crippen molar-refractivity contribution in [2.75, 3.05) is 26.2 Å². The van der Waals surface area contributed by atoms with Crippen molar-refractivity contribution >= 4 is 5.91 Å². The van der Waals surface area contributed by atoms with Crippen LogP contribution < -0.4 is 5.73 Å². The largest absolute Gasteiger partial charge is 0.455 e. The molecule has 2 atom stereocenters. The number of amides is 1. The first-order valence-corrected chi connectivity index (χ1v) is 8.99. The summed E-state index contributed by atoms with van der Waals surface area (Å²) >= 11 is 0. The number of carbonyl (C=O) groups is 1. The molecule has 128 valence electrons. The van der Waals surface area contributed by atoms with Gasteiger partial charge in [-0.05, 0) is 57.2 Å². The van der Waals surface area contributed by atoms with Crippen LogP contribution >= 0.6 is 0 Å². The van der Waals surface area contributed by atoms with Gasteiger partial charge < -0.3 is 20.0 Å². The molecule has 0 saturated carbocycles.